The largest absolute Gasteiger partial charge is 0.459 e. The number of aliphatic imine (C=N–C) groups is 1. The predicted octanol–water partition coefficient (Wildman–Crippen LogP) is 1.73. The number of rotatable bonds is 4. The number of benzene rings is 2. The second-order valence-electron chi connectivity index (χ2n) is 5.68. The van der Waals surface area contributed by atoms with E-state index in [9.17, 15) is 13.2 Å². The molecule has 0 spiro atoms. The van der Waals surface area contributed by atoms with E-state index >= 15 is 0 Å². The highest BCUT2D eigenvalue weighted by molar-refractivity contribution is 7.90. The molecule has 7 nitrogen and oxygen atoms in total. The molecule has 0 unspecified atom stereocenters. The molecule has 0 fully saturated rings. The number of carbonyl (C=O) groups excluding carboxylic acids is 1. The fourth-order valence-corrected chi connectivity index (χ4v) is 3.72. The first-order valence-electron chi connectivity index (χ1n) is 7.76. The molecule has 1 aliphatic heterocycles. The maximum Gasteiger partial charge on any atom is 0.330 e. The van der Waals surface area contributed by atoms with E-state index in [0.29, 0.717) is 16.7 Å². The number of ether oxygens (including phenoxy) is 1. The minimum atomic E-state index is -3.65. The minimum absolute atomic E-state index is 0.00581. The van der Waals surface area contributed by atoms with Gasteiger partial charge in [0, 0.05) is 5.56 Å². The van der Waals surface area contributed by atoms with Gasteiger partial charge in [0.05, 0.1) is 16.5 Å². The summed E-state index contributed by atoms with van der Waals surface area (Å²) in [7, 11) is -3.65. The van der Waals surface area contributed by atoms with Crippen molar-refractivity contribution in [2.24, 2.45) is 4.99 Å². The van der Waals surface area contributed by atoms with Crippen molar-refractivity contribution in [1.29, 1.82) is 5.26 Å². The Kier molecular flexibility index (Phi) is 4.73. The molecule has 2 aromatic rings. The molecule has 2 aromatic carbocycles. The van der Waals surface area contributed by atoms with Crippen molar-refractivity contribution in [2.45, 2.75) is 24.5 Å². The molecule has 1 atom stereocenters. The van der Waals surface area contributed by atoms with Gasteiger partial charge in [-0.2, -0.15) is 5.26 Å². The Labute approximate surface area is 151 Å². The highest BCUT2D eigenvalue weighted by Gasteiger charge is 2.31. The quantitative estimate of drug-likeness (QED) is 0.826. The van der Waals surface area contributed by atoms with Crippen LogP contribution in [0.5, 0.6) is 0 Å². The maximum atomic E-state index is 12.2. The van der Waals surface area contributed by atoms with Crippen LogP contribution in [0.15, 0.2) is 58.4 Å². The van der Waals surface area contributed by atoms with Gasteiger partial charge in [-0.3, -0.25) is 9.71 Å². The molecule has 26 heavy (non-hydrogen) atoms. The van der Waals surface area contributed by atoms with Gasteiger partial charge < -0.3 is 4.74 Å². The van der Waals surface area contributed by atoms with Crippen LogP contribution in [0, 0.1) is 11.3 Å². The van der Waals surface area contributed by atoms with Gasteiger partial charge in [0.1, 0.15) is 18.5 Å². The topological polar surface area (TPSA) is 109 Å². The van der Waals surface area contributed by atoms with Crippen LogP contribution in [-0.2, 0) is 26.2 Å². The van der Waals surface area contributed by atoms with Crippen molar-refractivity contribution in [3.63, 3.8) is 0 Å². The minimum Gasteiger partial charge on any atom is -0.459 e. The number of nitrogens with one attached hydrogen (secondary N) is 1. The summed E-state index contributed by atoms with van der Waals surface area (Å²) in [5.41, 5.74) is 1.59. The number of carbonyl (C=O) groups is 1. The lowest BCUT2D eigenvalue weighted by molar-refractivity contribution is -0.146. The molecule has 0 bridgehead atoms. The van der Waals surface area contributed by atoms with E-state index in [-0.39, 0.29) is 17.3 Å². The van der Waals surface area contributed by atoms with Crippen LogP contribution in [0.25, 0.3) is 0 Å². The van der Waals surface area contributed by atoms with Crippen molar-refractivity contribution in [3.05, 3.63) is 65.2 Å². The van der Waals surface area contributed by atoms with E-state index in [1.807, 2.05) is 6.07 Å². The zero-order valence-electron chi connectivity index (χ0n) is 13.8. The van der Waals surface area contributed by atoms with E-state index < -0.39 is 22.0 Å². The highest BCUT2D eigenvalue weighted by atomic mass is 32.2. The van der Waals surface area contributed by atoms with Gasteiger partial charge in [0.15, 0.2) is 0 Å². The molecule has 0 aliphatic carbocycles. The summed E-state index contributed by atoms with van der Waals surface area (Å²) < 4.78 is 31.7. The number of hydrogen-bond acceptors (Lipinski definition) is 6. The molecule has 0 saturated carbocycles. The number of esters is 1. The first-order valence-corrected chi connectivity index (χ1v) is 9.25. The summed E-state index contributed by atoms with van der Waals surface area (Å²) in [6, 6.07) is 14.3. The van der Waals surface area contributed by atoms with Crippen LogP contribution in [0.3, 0.4) is 0 Å². The van der Waals surface area contributed by atoms with Crippen molar-refractivity contribution in [2.75, 3.05) is 0 Å². The van der Waals surface area contributed by atoms with E-state index in [1.54, 1.807) is 42.5 Å². The zero-order chi connectivity index (χ0) is 18.7. The van der Waals surface area contributed by atoms with Crippen LogP contribution in [0.4, 0.5) is 0 Å². The number of sulfonamides is 1. The van der Waals surface area contributed by atoms with Gasteiger partial charge in [-0.1, -0.05) is 24.3 Å². The number of nitriles is 1. The summed E-state index contributed by atoms with van der Waals surface area (Å²) in [6.07, 6.45) is 0. The summed E-state index contributed by atoms with van der Waals surface area (Å²) in [5, 5.41) is 8.88. The second-order valence-corrected chi connectivity index (χ2v) is 7.33. The zero-order valence-corrected chi connectivity index (χ0v) is 14.7. The molecule has 0 saturated heterocycles. The molecule has 0 aromatic heterocycles. The fraction of sp³-hybridized carbons (Fsp3) is 0.167. The second kappa shape index (κ2) is 6.98. The number of fused-ring (bicyclic) bond motifs is 1. The Balaban J connectivity index is 1.72. The van der Waals surface area contributed by atoms with Crippen LogP contribution < -0.4 is 4.72 Å². The van der Waals surface area contributed by atoms with Gasteiger partial charge in [0.25, 0.3) is 10.0 Å². The van der Waals surface area contributed by atoms with Crippen molar-refractivity contribution in [1.82, 2.24) is 4.72 Å². The average Bonchev–Trinajstić information content (AvgIpc) is 2.90. The molecule has 132 valence electrons. The molecule has 1 aliphatic rings. The first-order chi connectivity index (χ1) is 12.4. The Morgan fingerprint density at radius 2 is 2.04 bits per heavy atom. The van der Waals surface area contributed by atoms with E-state index in [4.69, 9.17) is 10.00 Å². The summed E-state index contributed by atoms with van der Waals surface area (Å²) in [5.74, 6) is -0.472. The Hall–Kier alpha value is -3.18. The monoisotopic (exact) mass is 369 g/mol. The lowest BCUT2D eigenvalue weighted by atomic mass is 10.1. The number of hydrogen-bond donors (Lipinski definition) is 1. The van der Waals surface area contributed by atoms with Crippen molar-refractivity contribution in [3.8, 4) is 6.07 Å². The molecule has 8 heteroatoms. The van der Waals surface area contributed by atoms with E-state index in [1.165, 1.54) is 13.0 Å². The van der Waals surface area contributed by atoms with Gasteiger partial charge in [-0.25, -0.2) is 13.2 Å². The molecular formula is C18H15N3O4S. The molecular weight excluding hydrogens is 354 g/mol. The van der Waals surface area contributed by atoms with Crippen LogP contribution in [-0.4, -0.2) is 26.3 Å². The SMILES string of the molecule is C[C@H](N=C1NS(=O)(=O)c2ccccc21)C(=O)OCc1cccc(C#N)c1. The maximum absolute atomic E-state index is 12.2. The summed E-state index contributed by atoms with van der Waals surface area (Å²) in [4.78, 5) is 16.5. The molecule has 0 amide bonds. The number of amidine groups is 1. The summed E-state index contributed by atoms with van der Waals surface area (Å²) >= 11 is 0. The highest BCUT2D eigenvalue weighted by Crippen LogP contribution is 2.22. The van der Waals surface area contributed by atoms with Crippen molar-refractivity contribution >= 4 is 21.8 Å². The van der Waals surface area contributed by atoms with Gasteiger partial charge in [-0.05, 0) is 36.8 Å². The normalized spacial score (nSPS) is 17.0. The standard InChI is InChI=1S/C18H15N3O4S/c1-12(18(22)25-11-14-6-4-5-13(9-14)10-19)20-17-15-7-2-3-8-16(15)26(23,24)21-17/h2-9,12H,11H2,1H3,(H,20,21)/t12-/m0/s1. The lowest BCUT2D eigenvalue weighted by Crippen LogP contribution is -2.26. The predicted molar refractivity (Wildman–Crippen MR) is 93.7 cm³/mol. The van der Waals surface area contributed by atoms with Crippen LogP contribution in [0.2, 0.25) is 0 Å². The Morgan fingerprint density at radius 1 is 1.27 bits per heavy atom. The molecule has 1 heterocycles. The molecule has 3 rings (SSSR count). The first kappa shape index (κ1) is 17.6. The van der Waals surface area contributed by atoms with E-state index in [0.717, 1.165) is 0 Å². The van der Waals surface area contributed by atoms with Gasteiger partial charge >= 0.3 is 5.97 Å². The average molecular weight is 369 g/mol. The van der Waals surface area contributed by atoms with Gasteiger partial charge in [-0.15, -0.1) is 0 Å². The smallest absolute Gasteiger partial charge is 0.330 e. The third-order valence-corrected chi connectivity index (χ3v) is 5.16. The van der Waals surface area contributed by atoms with Crippen molar-refractivity contribution < 1.29 is 17.9 Å². The third-order valence-electron chi connectivity index (χ3n) is 3.76. The lowest BCUT2D eigenvalue weighted by Gasteiger charge is -2.09. The fourth-order valence-electron chi connectivity index (χ4n) is 2.48. The van der Waals surface area contributed by atoms with Crippen LogP contribution >= 0.6 is 0 Å². The van der Waals surface area contributed by atoms with Crippen LogP contribution in [0.1, 0.15) is 23.6 Å². The van der Waals surface area contributed by atoms with E-state index in [2.05, 4.69) is 9.71 Å². The third kappa shape index (κ3) is 3.58. The molecule has 0 radical (unpaired) electrons. The number of nitrogens with zero attached hydrogens (tertiary/aromatic N) is 2. The Morgan fingerprint density at radius 3 is 2.81 bits per heavy atom. The Bertz CT molecular complexity index is 1040. The molecule has 1 N–H and O–H groups in total. The van der Waals surface area contributed by atoms with Gasteiger partial charge in [0.2, 0.25) is 0 Å². The summed E-state index contributed by atoms with van der Waals surface area (Å²) in [6.45, 7) is 1.53.